The van der Waals surface area contributed by atoms with Gasteiger partial charge in [-0.2, -0.15) is 10.3 Å². The summed E-state index contributed by atoms with van der Waals surface area (Å²) in [6, 6.07) is 0. The Morgan fingerprint density at radius 3 is 3.11 bits per heavy atom. The summed E-state index contributed by atoms with van der Waals surface area (Å²) in [6.45, 7) is 0. The third-order valence-electron chi connectivity index (χ3n) is 0.831. The second kappa shape index (κ2) is 2.24. The molecular weight excluding hydrogens is 120 g/mol. The molecule has 48 valence electrons. The number of nitrogens with one attached hydrogen (secondary N) is 1. The van der Waals surface area contributed by atoms with Gasteiger partial charge in [0, 0.05) is 7.05 Å². The molecule has 1 aliphatic rings. The van der Waals surface area contributed by atoms with Crippen LogP contribution in [-0.2, 0) is 4.84 Å². The molecule has 0 unspecified atom stereocenters. The highest BCUT2D eigenvalue weighted by Crippen LogP contribution is 1.95. The molecule has 0 saturated heterocycles. The Labute approximate surface area is 52.6 Å². The molecule has 5 heteroatoms. The zero-order chi connectivity index (χ0) is 6.69. The van der Waals surface area contributed by atoms with Crippen molar-refractivity contribution in [2.45, 2.75) is 0 Å². The quantitative estimate of drug-likeness (QED) is 0.380. The van der Waals surface area contributed by atoms with Gasteiger partial charge in [-0.15, -0.1) is 0 Å². The molecule has 1 rings (SSSR count). The van der Waals surface area contributed by atoms with Gasteiger partial charge in [-0.3, -0.25) is 5.43 Å². The Kier molecular flexibility index (Phi) is 1.42. The molecule has 5 nitrogen and oxygen atoms in total. The minimum Gasteiger partial charge on any atom is -0.373 e. The van der Waals surface area contributed by atoms with E-state index in [1.807, 2.05) is 6.19 Å². The van der Waals surface area contributed by atoms with Crippen LogP contribution in [0.25, 0.3) is 0 Å². The van der Waals surface area contributed by atoms with Crippen molar-refractivity contribution in [3.8, 4) is 6.19 Å². The van der Waals surface area contributed by atoms with Crippen LogP contribution < -0.4 is 5.43 Å². The largest absolute Gasteiger partial charge is 0.373 e. The van der Waals surface area contributed by atoms with Crippen molar-refractivity contribution < 1.29 is 4.84 Å². The molecule has 0 aliphatic carbocycles. The number of nitrogens with zero attached hydrogens (tertiary/aromatic N) is 3. The molecule has 0 aromatic carbocycles. The van der Waals surface area contributed by atoms with E-state index in [2.05, 4.69) is 5.43 Å². The summed E-state index contributed by atoms with van der Waals surface area (Å²) in [6.07, 6.45) is 4.85. The van der Waals surface area contributed by atoms with Crippen LogP contribution >= 0.6 is 0 Å². The zero-order valence-electron chi connectivity index (χ0n) is 4.90. The molecule has 0 bridgehead atoms. The summed E-state index contributed by atoms with van der Waals surface area (Å²) in [5.74, 6) is 0. The normalized spacial score (nSPS) is 16.0. The molecule has 0 aromatic rings. The molecule has 0 atom stereocenters. The van der Waals surface area contributed by atoms with Gasteiger partial charge in [-0.05, 0) is 0 Å². The predicted molar refractivity (Wildman–Crippen MR) is 28.6 cm³/mol. The molecule has 0 fully saturated rings. The van der Waals surface area contributed by atoms with Gasteiger partial charge in [0.05, 0.1) is 11.5 Å². The van der Waals surface area contributed by atoms with Gasteiger partial charge in [0.15, 0.2) is 6.19 Å². The molecule has 0 amide bonds. The number of rotatable bonds is 1. The van der Waals surface area contributed by atoms with Crippen LogP contribution in [-0.4, -0.2) is 17.3 Å². The zero-order valence-corrected chi connectivity index (χ0v) is 4.90. The first-order chi connectivity index (χ1) is 4.34. The van der Waals surface area contributed by atoms with E-state index in [1.54, 1.807) is 13.2 Å². The maximum atomic E-state index is 8.28. The summed E-state index contributed by atoms with van der Waals surface area (Å²) < 4.78 is 0. The van der Waals surface area contributed by atoms with Gasteiger partial charge < -0.3 is 4.84 Å². The minimum atomic E-state index is 1.19. The van der Waals surface area contributed by atoms with Crippen LogP contribution in [0.15, 0.2) is 12.5 Å². The van der Waals surface area contributed by atoms with Crippen LogP contribution in [0.2, 0.25) is 0 Å². The second-order valence-corrected chi connectivity index (χ2v) is 1.43. The van der Waals surface area contributed by atoms with Crippen molar-refractivity contribution in [2.75, 3.05) is 7.05 Å². The van der Waals surface area contributed by atoms with Crippen molar-refractivity contribution in [1.29, 1.82) is 5.26 Å². The number of hydrogen-bond acceptors (Lipinski definition) is 5. The van der Waals surface area contributed by atoms with E-state index >= 15 is 0 Å². The van der Waals surface area contributed by atoms with Gasteiger partial charge in [0.1, 0.15) is 6.26 Å². The van der Waals surface area contributed by atoms with Crippen LogP contribution in [0.1, 0.15) is 0 Å². The van der Waals surface area contributed by atoms with E-state index in [0.717, 1.165) is 0 Å². The van der Waals surface area contributed by atoms with Crippen molar-refractivity contribution >= 4 is 0 Å². The van der Waals surface area contributed by atoms with E-state index in [0.29, 0.717) is 0 Å². The molecule has 0 radical (unpaired) electrons. The molecule has 0 aromatic heterocycles. The molecule has 1 aliphatic heterocycles. The average Bonchev–Trinajstić information content (AvgIpc) is 2.37. The summed E-state index contributed by atoms with van der Waals surface area (Å²) in [4.78, 5) is 4.75. The molecule has 9 heavy (non-hydrogen) atoms. The predicted octanol–water partition coefficient (Wildman–Crippen LogP) is -0.463. The highest BCUT2D eigenvalue weighted by Gasteiger charge is 2.10. The lowest BCUT2D eigenvalue weighted by Gasteiger charge is -2.18. The highest BCUT2D eigenvalue weighted by molar-refractivity contribution is 4.74. The SMILES string of the molecule is CN(C#N)N1NC=CO1. The first-order valence-electron chi connectivity index (χ1n) is 2.36. The highest BCUT2D eigenvalue weighted by atomic mass is 16.8. The Bertz CT molecular complexity index is 152. The van der Waals surface area contributed by atoms with E-state index < -0.39 is 0 Å². The summed E-state index contributed by atoms with van der Waals surface area (Å²) in [7, 11) is 1.57. The fourth-order valence-corrected chi connectivity index (χ4v) is 0.411. The van der Waals surface area contributed by atoms with E-state index in [4.69, 9.17) is 10.1 Å². The Morgan fingerprint density at radius 2 is 2.67 bits per heavy atom. The third-order valence-corrected chi connectivity index (χ3v) is 0.831. The second-order valence-electron chi connectivity index (χ2n) is 1.43. The third kappa shape index (κ3) is 1.03. The standard InChI is InChI=1S/C4H6N4O/c1-7(4-5)8-6-2-3-9-8/h2-3,6H,1H3. The maximum Gasteiger partial charge on any atom is 0.199 e. The van der Waals surface area contributed by atoms with E-state index in [9.17, 15) is 0 Å². The number of hydrazine groups is 2. The van der Waals surface area contributed by atoms with Crippen molar-refractivity contribution in [3.63, 3.8) is 0 Å². The smallest absolute Gasteiger partial charge is 0.199 e. The van der Waals surface area contributed by atoms with Crippen LogP contribution in [0.5, 0.6) is 0 Å². The fourth-order valence-electron chi connectivity index (χ4n) is 0.411. The molecule has 1 N–H and O–H groups in total. The average molecular weight is 126 g/mol. The lowest BCUT2D eigenvalue weighted by Crippen LogP contribution is -2.39. The lowest BCUT2D eigenvalue weighted by atomic mass is 11.0. The lowest BCUT2D eigenvalue weighted by molar-refractivity contribution is -0.227. The van der Waals surface area contributed by atoms with Gasteiger partial charge in [-0.25, -0.2) is 0 Å². The van der Waals surface area contributed by atoms with Gasteiger partial charge in [-0.1, -0.05) is 0 Å². The molecule has 1 heterocycles. The van der Waals surface area contributed by atoms with Crippen molar-refractivity contribution in [3.05, 3.63) is 12.5 Å². The fraction of sp³-hybridized carbons (Fsp3) is 0.250. The monoisotopic (exact) mass is 126 g/mol. The van der Waals surface area contributed by atoms with Crippen LogP contribution in [0, 0.1) is 11.5 Å². The first kappa shape index (κ1) is 5.72. The molecule has 0 spiro atoms. The van der Waals surface area contributed by atoms with E-state index in [1.165, 1.54) is 16.6 Å². The maximum absolute atomic E-state index is 8.28. The summed E-state index contributed by atoms with van der Waals surface area (Å²) in [5, 5.41) is 10.7. The summed E-state index contributed by atoms with van der Waals surface area (Å²) >= 11 is 0. The first-order valence-corrected chi connectivity index (χ1v) is 2.36. The minimum absolute atomic E-state index is 1.19. The van der Waals surface area contributed by atoms with Crippen molar-refractivity contribution in [1.82, 2.24) is 15.7 Å². The molecule has 0 saturated carbocycles. The van der Waals surface area contributed by atoms with Crippen LogP contribution in [0.4, 0.5) is 0 Å². The van der Waals surface area contributed by atoms with E-state index in [-0.39, 0.29) is 0 Å². The Balaban J connectivity index is 2.38. The van der Waals surface area contributed by atoms with Crippen molar-refractivity contribution in [2.24, 2.45) is 0 Å². The van der Waals surface area contributed by atoms with Gasteiger partial charge >= 0.3 is 0 Å². The number of nitriles is 1. The Morgan fingerprint density at radius 1 is 1.89 bits per heavy atom. The summed E-state index contributed by atoms with van der Waals surface area (Å²) in [5.41, 5.74) is 2.64. The molecular formula is C4H6N4O. The topological polar surface area (TPSA) is 51.5 Å². The Hall–Kier alpha value is -1.41. The number of hydrogen-bond donors (Lipinski definition) is 1. The van der Waals surface area contributed by atoms with Gasteiger partial charge in [0.25, 0.3) is 0 Å². The van der Waals surface area contributed by atoms with Gasteiger partial charge in [0.2, 0.25) is 0 Å². The van der Waals surface area contributed by atoms with Crippen LogP contribution in [0.3, 0.4) is 0 Å².